The van der Waals surface area contributed by atoms with Crippen LogP contribution in [-0.2, 0) is 22.3 Å². The van der Waals surface area contributed by atoms with E-state index in [-0.39, 0.29) is 30.1 Å². The maximum Gasteiger partial charge on any atom is 0.342 e. The number of carbonyl (C=O) groups excluding carboxylic acids is 2. The van der Waals surface area contributed by atoms with Gasteiger partial charge in [0, 0.05) is 12.8 Å². The molecule has 8 heteroatoms. The summed E-state index contributed by atoms with van der Waals surface area (Å²) in [5.41, 5.74) is 1.90. The Morgan fingerprint density at radius 3 is 1.54 bits per heavy atom. The van der Waals surface area contributed by atoms with Crippen LogP contribution in [0.3, 0.4) is 0 Å². The van der Waals surface area contributed by atoms with Crippen LogP contribution < -0.4 is 18.9 Å². The number of carbonyl (C=O) groups is 2. The van der Waals surface area contributed by atoms with E-state index in [0.717, 1.165) is 22.6 Å². The minimum atomic E-state index is -0.745. The highest BCUT2D eigenvalue weighted by Crippen LogP contribution is 2.36. The van der Waals surface area contributed by atoms with Crippen LogP contribution in [0.2, 0.25) is 0 Å². The van der Waals surface area contributed by atoms with Gasteiger partial charge in [0.25, 0.3) is 0 Å². The molecule has 0 aromatic heterocycles. The molecule has 0 radical (unpaired) electrons. The summed E-state index contributed by atoms with van der Waals surface area (Å²) in [6.07, 6.45) is 1.04. The third-order valence-electron chi connectivity index (χ3n) is 6.96. The molecule has 0 amide bonds. The molecular weight excluding hydrogens is 584 g/mol. The predicted molar refractivity (Wildman–Crippen MR) is 173 cm³/mol. The van der Waals surface area contributed by atoms with Crippen LogP contribution in [0, 0.1) is 0 Å². The van der Waals surface area contributed by atoms with Crippen LogP contribution in [-0.4, -0.2) is 39.4 Å². The van der Waals surface area contributed by atoms with Gasteiger partial charge in [-0.1, -0.05) is 60.7 Å². The van der Waals surface area contributed by atoms with E-state index in [0.29, 0.717) is 30.1 Å². The Bertz CT molecular complexity index is 1750. The van der Waals surface area contributed by atoms with Crippen molar-refractivity contribution in [1.29, 1.82) is 0 Å². The first kappa shape index (κ1) is 31.7. The van der Waals surface area contributed by atoms with Crippen LogP contribution in [0.1, 0.15) is 31.8 Å². The maximum atomic E-state index is 13.0. The van der Waals surface area contributed by atoms with Gasteiger partial charge < -0.3 is 28.4 Å². The Morgan fingerprint density at radius 1 is 0.522 bits per heavy atom. The first-order chi connectivity index (χ1) is 22.5. The van der Waals surface area contributed by atoms with E-state index in [2.05, 4.69) is 0 Å². The van der Waals surface area contributed by atoms with Gasteiger partial charge in [-0.05, 0) is 71.8 Å². The Labute approximate surface area is 268 Å². The van der Waals surface area contributed by atoms with E-state index in [4.69, 9.17) is 28.4 Å². The van der Waals surface area contributed by atoms with Gasteiger partial charge in [0.15, 0.2) is 11.5 Å². The quantitative estimate of drug-likeness (QED) is 0.115. The van der Waals surface area contributed by atoms with Gasteiger partial charge in [0.2, 0.25) is 0 Å². The summed E-state index contributed by atoms with van der Waals surface area (Å²) in [6, 6.07) is 37.5. The Balaban J connectivity index is 1.31. The number of benzene rings is 5. The first-order valence-electron chi connectivity index (χ1n) is 14.8. The molecule has 0 unspecified atom stereocenters. The van der Waals surface area contributed by atoms with Crippen molar-refractivity contribution in [3.63, 3.8) is 0 Å². The SMILES string of the molecule is COC(=O)c1ccc(OCCc2cccc(Oc3ccccc3)c2)c(OCCc2cccc(Oc3ccccc3)c2)c1C(=O)OC. The number of hydrogen-bond acceptors (Lipinski definition) is 8. The van der Waals surface area contributed by atoms with Gasteiger partial charge in [0.1, 0.15) is 28.6 Å². The number of esters is 2. The lowest BCUT2D eigenvalue weighted by molar-refractivity contribution is 0.0550. The number of rotatable bonds is 14. The van der Waals surface area contributed by atoms with Gasteiger partial charge in [0.05, 0.1) is 33.0 Å². The van der Waals surface area contributed by atoms with E-state index in [1.54, 1.807) is 6.07 Å². The molecule has 0 atom stereocenters. The highest BCUT2D eigenvalue weighted by Gasteiger charge is 2.27. The van der Waals surface area contributed by atoms with Crippen LogP contribution in [0.5, 0.6) is 34.5 Å². The molecule has 0 saturated carbocycles. The maximum absolute atomic E-state index is 13.0. The molecule has 5 rings (SSSR count). The average molecular weight is 619 g/mol. The second-order valence-corrected chi connectivity index (χ2v) is 10.1. The molecule has 0 aliphatic rings. The standard InChI is InChI=1S/C38H34O8/c1-41-37(39)33-19-20-34(43-23-21-27-11-9-17-31(25-27)45-29-13-5-3-6-14-29)36(35(33)38(40)42-2)44-24-22-28-12-10-18-32(26-28)46-30-15-7-4-8-16-30/h3-20,25-26H,21-24H2,1-2H3. The fraction of sp³-hybridized carbons (Fsp3) is 0.158. The van der Waals surface area contributed by atoms with Crippen LogP contribution >= 0.6 is 0 Å². The summed E-state index contributed by atoms with van der Waals surface area (Å²) in [4.78, 5) is 25.6. The molecule has 0 aliphatic carbocycles. The Morgan fingerprint density at radius 2 is 1.02 bits per heavy atom. The lowest BCUT2D eigenvalue weighted by Crippen LogP contribution is -2.16. The molecule has 0 spiro atoms. The fourth-order valence-electron chi connectivity index (χ4n) is 4.73. The zero-order valence-corrected chi connectivity index (χ0v) is 25.6. The number of methoxy groups -OCH3 is 2. The molecule has 0 N–H and O–H groups in total. The molecule has 0 heterocycles. The van der Waals surface area contributed by atoms with E-state index in [1.807, 2.05) is 109 Å². The molecule has 0 saturated heterocycles. The summed E-state index contributed by atoms with van der Waals surface area (Å²) < 4.78 is 34.2. The lowest BCUT2D eigenvalue weighted by Gasteiger charge is -2.18. The lowest BCUT2D eigenvalue weighted by atomic mass is 10.1. The van der Waals surface area contributed by atoms with Crippen molar-refractivity contribution >= 4 is 11.9 Å². The molecule has 0 fully saturated rings. The van der Waals surface area contributed by atoms with Crippen molar-refractivity contribution in [2.75, 3.05) is 27.4 Å². The van der Waals surface area contributed by atoms with E-state index >= 15 is 0 Å². The third kappa shape index (κ3) is 8.45. The van der Waals surface area contributed by atoms with E-state index in [9.17, 15) is 9.59 Å². The minimum absolute atomic E-state index is 0.0146. The summed E-state index contributed by atoms with van der Waals surface area (Å²) in [5.74, 6) is 1.83. The molecular formula is C38H34O8. The molecule has 5 aromatic carbocycles. The Hall–Kier alpha value is -5.76. The number of hydrogen-bond donors (Lipinski definition) is 0. The van der Waals surface area contributed by atoms with Crippen molar-refractivity contribution in [3.05, 3.63) is 144 Å². The van der Waals surface area contributed by atoms with Gasteiger partial charge in [-0.15, -0.1) is 0 Å². The molecule has 5 aromatic rings. The molecule has 234 valence electrons. The van der Waals surface area contributed by atoms with Gasteiger partial charge in [-0.2, -0.15) is 0 Å². The highest BCUT2D eigenvalue weighted by atomic mass is 16.5. The predicted octanol–water partition coefficient (Wildman–Crippen LogP) is 8.09. The van der Waals surface area contributed by atoms with Crippen molar-refractivity contribution in [1.82, 2.24) is 0 Å². The van der Waals surface area contributed by atoms with Crippen molar-refractivity contribution < 1.29 is 38.0 Å². The fourth-order valence-corrected chi connectivity index (χ4v) is 4.73. The number of ether oxygens (including phenoxy) is 6. The van der Waals surface area contributed by atoms with Crippen molar-refractivity contribution in [2.45, 2.75) is 12.8 Å². The third-order valence-corrected chi connectivity index (χ3v) is 6.96. The normalized spacial score (nSPS) is 10.5. The zero-order chi connectivity index (χ0) is 32.1. The van der Waals surface area contributed by atoms with Crippen molar-refractivity contribution in [2.24, 2.45) is 0 Å². The van der Waals surface area contributed by atoms with Gasteiger partial charge >= 0.3 is 11.9 Å². The highest BCUT2D eigenvalue weighted by molar-refractivity contribution is 6.05. The monoisotopic (exact) mass is 618 g/mol. The zero-order valence-electron chi connectivity index (χ0n) is 25.6. The summed E-state index contributed by atoms with van der Waals surface area (Å²) >= 11 is 0. The molecule has 0 aliphatic heterocycles. The first-order valence-corrected chi connectivity index (χ1v) is 14.8. The van der Waals surface area contributed by atoms with Crippen LogP contribution in [0.25, 0.3) is 0 Å². The van der Waals surface area contributed by atoms with Crippen molar-refractivity contribution in [3.8, 4) is 34.5 Å². The largest absolute Gasteiger partial charge is 0.489 e. The summed E-state index contributed by atoms with van der Waals surface area (Å²) in [6.45, 7) is 0.445. The summed E-state index contributed by atoms with van der Waals surface area (Å²) in [5, 5.41) is 0. The van der Waals surface area contributed by atoms with Crippen LogP contribution in [0.4, 0.5) is 0 Å². The molecule has 46 heavy (non-hydrogen) atoms. The average Bonchev–Trinajstić information content (AvgIpc) is 3.09. The van der Waals surface area contributed by atoms with Gasteiger partial charge in [-0.3, -0.25) is 0 Å². The molecule has 8 nitrogen and oxygen atoms in total. The van der Waals surface area contributed by atoms with Crippen LogP contribution in [0.15, 0.2) is 121 Å². The van der Waals surface area contributed by atoms with E-state index < -0.39 is 11.9 Å². The second-order valence-electron chi connectivity index (χ2n) is 10.1. The Kier molecular flexibility index (Phi) is 10.9. The van der Waals surface area contributed by atoms with E-state index in [1.165, 1.54) is 20.3 Å². The van der Waals surface area contributed by atoms with Gasteiger partial charge in [-0.25, -0.2) is 9.59 Å². The topological polar surface area (TPSA) is 89.5 Å². The number of para-hydroxylation sites is 2. The molecule has 0 bridgehead atoms. The smallest absolute Gasteiger partial charge is 0.342 e. The summed E-state index contributed by atoms with van der Waals surface area (Å²) in [7, 11) is 2.48. The second kappa shape index (κ2) is 15.8. The minimum Gasteiger partial charge on any atom is -0.489 e.